The van der Waals surface area contributed by atoms with Gasteiger partial charge in [0.1, 0.15) is 11.5 Å². The zero-order valence-electron chi connectivity index (χ0n) is 16.9. The summed E-state index contributed by atoms with van der Waals surface area (Å²) in [6.45, 7) is 2.72. The van der Waals surface area contributed by atoms with E-state index in [1.165, 1.54) is 5.56 Å². The molecule has 154 valence electrons. The number of rotatable bonds is 7. The molecule has 2 aromatic rings. The van der Waals surface area contributed by atoms with Gasteiger partial charge in [-0.25, -0.2) is 0 Å². The number of carbonyl (C=O) groups excluding carboxylic acids is 2. The number of hydrogen-bond donors (Lipinski definition) is 1. The molecule has 1 saturated heterocycles. The summed E-state index contributed by atoms with van der Waals surface area (Å²) < 4.78 is 11.7. The number of benzene rings is 2. The summed E-state index contributed by atoms with van der Waals surface area (Å²) in [5.74, 6) is -1.28. The first-order valence-corrected chi connectivity index (χ1v) is 9.27. The number of ether oxygens (including phenoxy) is 2. The molecule has 0 amide bonds. The van der Waals surface area contributed by atoms with Crippen molar-refractivity contribution >= 4 is 11.9 Å². The summed E-state index contributed by atoms with van der Waals surface area (Å²) in [7, 11) is 0. The van der Waals surface area contributed by atoms with Crippen LogP contribution in [0.1, 0.15) is 13.4 Å². The average Bonchev–Trinajstić information content (AvgIpc) is 2.74. The highest BCUT2D eigenvalue weighted by Gasteiger charge is 2.14. The van der Waals surface area contributed by atoms with E-state index in [1.54, 1.807) is 0 Å². The molecule has 0 radical (unpaired) electrons. The van der Waals surface area contributed by atoms with E-state index < -0.39 is 11.9 Å². The molecule has 1 aliphatic heterocycles. The van der Waals surface area contributed by atoms with Gasteiger partial charge in [-0.1, -0.05) is 36.4 Å². The first-order valence-electron chi connectivity index (χ1n) is 9.27. The molecular weight excluding hydrogens is 374 g/mol. The van der Waals surface area contributed by atoms with E-state index in [2.05, 4.69) is 17.4 Å². The smallest absolute Gasteiger partial charge is 0.545 e. The maximum atomic E-state index is 9.41. The second-order valence-electron chi connectivity index (χ2n) is 6.23. The van der Waals surface area contributed by atoms with E-state index in [0.29, 0.717) is 18.3 Å². The molecule has 1 aliphatic rings. The molecule has 1 heterocycles. The summed E-state index contributed by atoms with van der Waals surface area (Å²) in [5, 5.41) is 22.2. The molecule has 0 bridgehead atoms. The van der Waals surface area contributed by atoms with Gasteiger partial charge in [0.25, 0.3) is 0 Å². The summed E-state index contributed by atoms with van der Waals surface area (Å²) in [4.78, 5) is 18.8. The predicted molar refractivity (Wildman–Crippen MR) is 104 cm³/mol. The summed E-state index contributed by atoms with van der Waals surface area (Å²) >= 11 is 0. The zero-order valence-corrected chi connectivity index (χ0v) is 15.9. The second-order valence-corrected chi connectivity index (χ2v) is 6.23. The first-order chi connectivity index (χ1) is 14.0. The number of carboxylic acid groups (broad SMARTS) is 2. The quantitative estimate of drug-likeness (QED) is 0.678. The van der Waals surface area contributed by atoms with Crippen LogP contribution in [0.4, 0.5) is 0 Å². The van der Waals surface area contributed by atoms with Crippen molar-refractivity contribution in [2.24, 2.45) is 0 Å². The number of aliphatic carboxylic acids is 2. The standard InChI is InChI=1S/C18H21NO2.C4H4O4/c1-2-7-16(8-3-1)21-18-9-5-4-6-15(18)10-11-17-14-19-12-13-20-17;5-3(6)1-2-4(7)8/h1-9,17,19H,10-14H2;1-2H,(H,5,6)(H,7,8)/p-1/b;2-1-. The number of para-hydroxylation sites is 2. The van der Waals surface area contributed by atoms with Crippen LogP contribution in [-0.2, 0) is 20.7 Å². The highest BCUT2D eigenvalue weighted by atomic mass is 16.5. The summed E-state index contributed by atoms with van der Waals surface area (Å²) in [6.07, 6.45) is 3.06. The van der Waals surface area contributed by atoms with Gasteiger partial charge in [0.05, 0.1) is 24.6 Å². The Bertz CT molecular complexity index is 790. The lowest BCUT2D eigenvalue weighted by molar-refractivity contribution is -0.301. The highest BCUT2D eigenvalue weighted by Crippen LogP contribution is 2.26. The lowest BCUT2D eigenvalue weighted by atomic mass is 10.1. The Hall–Kier alpha value is -3.16. The van der Waals surface area contributed by atoms with E-state index in [-0.39, 0.29) is 1.43 Å². The van der Waals surface area contributed by atoms with E-state index >= 15 is 0 Å². The van der Waals surface area contributed by atoms with Gasteiger partial charge in [0.15, 0.2) is 0 Å². The number of carbonyl (C=O) groups is 2. The van der Waals surface area contributed by atoms with Crippen molar-refractivity contribution in [3.05, 3.63) is 72.3 Å². The van der Waals surface area contributed by atoms with Crippen molar-refractivity contribution in [2.45, 2.75) is 18.9 Å². The van der Waals surface area contributed by atoms with Crippen LogP contribution in [0.3, 0.4) is 0 Å². The molecule has 1 atom stereocenters. The van der Waals surface area contributed by atoms with Crippen molar-refractivity contribution in [2.75, 3.05) is 19.7 Å². The number of nitrogens with one attached hydrogen (secondary N) is 1. The van der Waals surface area contributed by atoms with E-state index in [1.807, 2.05) is 42.5 Å². The summed E-state index contributed by atoms with van der Waals surface area (Å²) in [5.41, 5.74) is 1.23. The topological polar surface area (TPSA) is 111 Å². The van der Waals surface area contributed by atoms with Gasteiger partial charge in [0.2, 0.25) is 0 Å². The Morgan fingerprint density at radius 2 is 1.72 bits per heavy atom. The van der Waals surface area contributed by atoms with Gasteiger partial charge in [-0.05, 0) is 48.8 Å². The zero-order chi connectivity index (χ0) is 20.9. The lowest BCUT2D eigenvalue weighted by Gasteiger charge is -2.23. The van der Waals surface area contributed by atoms with Gasteiger partial charge in [0, 0.05) is 13.1 Å². The Morgan fingerprint density at radius 1 is 1.07 bits per heavy atom. The molecule has 1 fully saturated rings. The number of hydrogen-bond acceptors (Lipinski definition) is 7. The Morgan fingerprint density at radius 3 is 2.34 bits per heavy atom. The van der Waals surface area contributed by atoms with Gasteiger partial charge in [-0.15, -0.1) is 0 Å². The fourth-order valence-corrected chi connectivity index (χ4v) is 2.68. The van der Waals surface area contributed by atoms with Crippen molar-refractivity contribution in [1.29, 1.82) is 0 Å². The maximum absolute atomic E-state index is 9.41. The third kappa shape index (κ3) is 9.05. The Balaban J connectivity index is 0.000000431. The minimum absolute atomic E-state index is 0. The van der Waals surface area contributed by atoms with E-state index in [4.69, 9.17) is 9.47 Å². The molecule has 1 unspecified atom stereocenters. The van der Waals surface area contributed by atoms with Crippen LogP contribution >= 0.6 is 0 Å². The van der Waals surface area contributed by atoms with Crippen LogP contribution in [0.2, 0.25) is 0 Å². The van der Waals surface area contributed by atoms with Crippen molar-refractivity contribution in [1.82, 2.24) is 5.32 Å². The molecule has 0 saturated carbocycles. The molecule has 0 aromatic heterocycles. The average molecular weight is 398 g/mol. The lowest BCUT2D eigenvalue weighted by Crippen LogP contribution is -2.38. The molecule has 7 heteroatoms. The molecule has 0 aliphatic carbocycles. The van der Waals surface area contributed by atoms with Crippen LogP contribution in [0.15, 0.2) is 66.7 Å². The van der Waals surface area contributed by atoms with Crippen molar-refractivity contribution in [3.63, 3.8) is 0 Å². The predicted octanol–water partition coefficient (Wildman–Crippen LogP) is 0.555. The molecular formula is C22H24NO6-. The van der Waals surface area contributed by atoms with Crippen molar-refractivity contribution < 1.29 is 30.7 Å². The van der Waals surface area contributed by atoms with Gasteiger partial charge in [-0.3, -0.25) is 0 Å². The first kappa shape index (κ1) is 22.1. The Kier molecular flexibility index (Phi) is 9.41. The van der Waals surface area contributed by atoms with Gasteiger partial charge >= 0.3 is 1.43 Å². The van der Waals surface area contributed by atoms with Gasteiger partial charge in [-0.2, -0.15) is 0 Å². The normalized spacial score (nSPS) is 15.9. The molecule has 0 spiro atoms. The minimum atomic E-state index is -1.55. The second kappa shape index (κ2) is 12.3. The number of carboxylic acids is 2. The highest BCUT2D eigenvalue weighted by molar-refractivity contribution is 5.87. The van der Waals surface area contributed by atoms with E-state index in [0.717, 1.165) is 44.0 Å². The monoisotopic (exact) mass is 398 g/mol. The molecule has 1 N–H and O–H groups in total. The van der Waals surface area contributed by atoms with Crippen LogP contribution in [-0.4, -0.2) is 37.7 Å². The number of aryl methyl sites for hydroxylation is 1. The minimum Gasteiger partial charge on any atom is -0.545 e. The number of morpholine rings is 1. The third-order valence-electron chi connectivity index (χ3n) is 4.04. The molecule has 2 aromatic carbocycles. The molecule has 29 heavy (non-hydrogen) atoms. The summed E-state index contributed by atoms with van der Waals surface area (Å²) in [6, 6.07) is 18.2. The van der Waals surface area contributed by atoms with E-state index in [9.17, 15) is 19.8 Å². The Labute approximate surface area is 171 Å². The largest absolute Gasteiger partial charge is 1.00 e. The van der Waals surface area contributed by atoms with Crippen LogP contribution < -0.4 is 20.3 Å². The molecule has 7 nitrogen and oxygen atoms in total. The van der Waals surface area contributed by atoms with Crippen LogP contribution in [0.25, 0.3) is 0 Å². The van der Waals surface area contributed by atoms with Crippen molar-refractivity contribution in [3.8, 4) is 11.5 Å². The molecule has 3 rings (SSSR count). The fourth-order valence-electron chi connectivity index (χ4n) is 2.68. The SMILES string of the molecule is O=C([O-])/C=C\C(=O)[O-].[H+].c1ccc(Oc2ccccc2CCC2CNCCO2)cc1. The van der Waals surface area contributed by atoms with Crippen LogP contribution in [0, 0.1) is 0 Å². The maximum Gasteiger partial charge on any atom is 1.00 e. The third-order valence-corrected chi connectivity index (χ3v) is 4.04. The van der Waals surface area contributed by atoms with Crippen LogP contribution in [0.5, 0.6) is 11.5 Å². The fraction of sp³-hybridized carbons (Fsp3) is 0.273. The van der Waals surface area contributed by atoms with Gasteiger partial charge < -0.3 is 34.6 Å².